The number of hydrogen-bond acceptors (Lipinski definition) is 4. The fourth-order valence-corrected chi connectivity index (χ4v) is 2.78. The second-order valence-corrected chi connectivity index (χ2v) is 4.64. The van der Waals surface area contributed by atoms with Crippen LogP contribution in [0.25, 0.3) is 0 Å². The van der Waals surface area contributed by atoms with Crippen LogP contribution in [0.2, 0.25) is 0 Å². The second kappa shape index (κ2) is 3.77. The molecule has 2 aliphatic rings. The van der Waals surface area contributed by atoms with Gasteiger partial charge in [0.15, 0.2) is 0 Å². The van der Waals surface area contributed by atoms with E-state index < -0.39 is 18.3 Å². The molecular weight excluding hydrogens is 182 g/mol. The molecule has 14 heavy (non-hydrogen) atoms. The zero-order valence-corrected chi connectivity index (χ0v) is 8.50. The van der Waals surface area contributed by atoms with Crippen LogP contribution < -0.4 is 0 Å². The number of hydrogen-bond donors (Lipinski definition) is 3. The number of nitrogens with zero attached hydrogens (tertiary/aromatic N) is 1. The Kier molecular flexibility index (Phi) is 2.79. The highest BCUT2D eigenvalue weighted by Gasteiger charge is 2.43. The van der Waals surface area contributed by atoms with Crippen molar-refractivity contribution in [1.82, 2.24) is 4.90 Å². The molecule has 2 heterocycles. The maximum absolute atomic E-state index is 9.80. The molecule has 4 heteroatoms. The van der Waals surface area contributed by atoms with E-state index in [0.29, 0.717) is 19.0 Å². The monoisotopic (exact) mass is 201 g/mol. The minimum Gasteiger partial charge on any atom is -0.392 e. The van der Waals surface area contributed by atoms with Crippen LogP contribution in [-0.2, 0) is 0 Å². The Morgan fingerprint density at radius 3 is 2.50 bits per heavy atom. The number of rotatable bonds is 0. The average molecular weight is 201 g/mol. The van der Waals surface area contributed by atoms with Gasteiger partial charge in [-0.1, -0.05) is 0 Å². The van der Waals surface area contributed by atoms with E-state index in [0.717, 1.165) is 12.8 Å². The Balaban J connectivity index is 2.14. The van der Waals surface area contributed by atoms with Gasteiger partial charge in [0, 0.05) is 19.0 Å². The van der Waals surface area contributed by atoms with Crippen LogP contribution >= 0.6 is 0 Å². The molecule has 0 aromatic rings. The highest BCUT2D eigenvalue weighted by Crippen LogP contribution is 2.30. The third-order valence-corrected chi connectivity index (χ3v) is 3.55. The van der Waals surface area contributed by atoms with Crippen molar-refractivity contribution < 1.29 is 15.3 Å². The molecule has 2 fully saturated rings. The maximum atomic E-state index is 9.80. The van der Waals surface area contributed by atoms with Gasteiger partial charge in [0.25, 0.3) is 0 Å². The van der Waals surface area contributed by atoms with Crippen LogP contribution in [-0.4, -0.2) is 57.2 Å². The van der Waals surface area contributed by atoms with Crippen molar-refractivity contribution in [1.29, 1.82) is 0 Å². The molecule has 0 radical (unpaired) electrons. The van der Waals surface area contributed by atoms with Gasteiger partial charge in [-0.2, -0.15) is 0 Å². The van der Waals surface area contributed by atoms with Gasteiger partial charge >= 0.3 is 0 Å². The normalized spacial score (nSPS) is 50.1. The van der Waals surface area contributed by atoms with Gasteiger partial charge in [-0.05, 0) is 19.8 Å². The minimum absolute atomic E-state index is 0.165. The first-order chi connectivity index (χ1) is 6.59. The van der Waals surface area contributed by atoms with Gasteiger partial charge in [0.1, 0.15) is 0 Å². The van der Waals surface area contributed by atoms with Crippen LogP contribution in [0, 0.1) is 0 Å². The molecule has 0 bridgehead atoms. The Bertz CT molecular complexity index is 212. The van der Waals surface area contributed by atoms with Crippen molar-refractivity contribution >= 4 is 0 Å². The Morgan fingerprint density at radius 1 is 1.07 bits per heavy atom. The lowest BCUT2D eigenvalue weighted by molar-refractivity contribution is -0.125. The first-order valence-electron chi connectivity index (χ1n) is 5.39. The van der Waals surface area contributed by atoms with Crippen molar-refractivity contribution in [3.63, 3.8) is 0 Å². The van der Waals surface area contributed by atoms with Crippen molar-refractivity contribution in [2.24, 2.45) is 0 Å². The SMILES string of the molecule is CC1CCC(O)[C@@H]2C(O)CC(O)CN12. The van der Waals surface area contributed by atoms with Gasteiger partial charge in [0.05, 0.1) is 24.4 Å². The third-order valence-electron chi connectivity index (χ3n) is 3.55. The predicted molar refractivity (Wildman–Crippen MR) is 51.8 cm³/mol. The highest BCUT2D eigenvalue weighted by molar-refractivity contribution is 4.97. The summed E-state index contributed by atoms with van der Waals surface area (Å²) < 4.78 is 0. The molecule has 0 aromatic heterocycles. The Hall–Kier alpha value is -0.160. The van der Waals surface area contributed by atoms with Gasteiger partial charge in [-0.25, -0.2) is 0 Å². The fourth-order valence-electron chi connectivity index (χ4n) is 2.78. The molecule has 0 aromatic carbocycles. The number of aliphatic hydroxyl groups is 3. The zero-order valence-electron chi connectivity index (χ0n) is 8.50. The van der Waals surface area contributed by atoms with Crippen molar-refractivity contribution in [2.45, 2.75) is 56.6 Å². The maximum Gasteiger partial charge on any atom is 0.0745 e. The van der Waals surface area contributed by atoms with Crippen molar-refractivity contribution in [3.05, 3.63) is 0 Å². The van der Waals surface area contributed by atoms with Gasteiger partial charge < -0.3 is 15.3 Å². The summed E-state index contributed by atoms with van der Waals surface area (Å²) in [5.74, 6) is 0. The molecule has 0 spiro atoms. The Morgan fingerprint density at radius 2 is 1.79 bits per heavy atom. The number of aliphatic hydroxyl groups excluding tert-OH is 3. The largest absolute Gasteiger partial charge is 0.392 e. The Labute approximate surface area is 84.2 Å². The van der Waals surface area contributed by atoms with E-state index in [1.807, 2.05) is 4.90 Å². The summed E-state index contributed by atoms with van der Waals surface area (Å²) in [6, 6.07) is 0.190. The molecule has 82 valence electrons. The van der Waals surface area contributed by atoms with Crippen LogP contribution in [0.15, 0.2) is 0 Å². The summed E-state index contributed by atoms with van der Waals surface area (Å²) in [6.07, 6.45) is 0.622. The summed E-state index contributed by atoms with van der Waals surface area (Å²) in [6.45, 7) is 2.67. The third kappa shape index (κ3) is 1.67. The number of piperidine rings is 2. The molecule has 2 aliphatic heterocycles. The van der Waals surface area contributed by atoms with E-state index in [1.54, 1.807) is 0 Å². The summed E-state index contributed by atoms with van der Waals surface area (Å²) in [5.41, 5.74) is 0. The van der Waals surface area contributed by atoms with E-state index in [2.05, 4.69) is 6.92 Å². The molecule has 0 saturated carbocycles. The summed E-state index contributed by atoms with van der Waals surface area (Å²) >= 11 is 0. The molecule has 2 rings (SSSR count). The number of fused-ring (bicyclic) bond motifs is 1. The first-order valence-corrected chi connectivity index (χ1v) is 5.39. The topological polar surface area (TPSA) is 63.9 Å². The fraction of sp³-hybridized carbons (Fsp3) is 1.00. The summed E-state index contributed by atoms with van der Waals surface area (Å²) in [4.78, 5) is 2.05. The average Bonchev–Trinajstić information content (AvgIpc) is 2.10. The molecule has 2 saturated heterocycles. The van der Waals surface area contributed by atoms with Crippen LogP contribution in [0.4, 0.5) is 0 Å². The van der Waals surface area contributed by atoms with E-state index in [4.69, 9.17) is 0 Å². The smallest absolute Gasteiger partial charge is 0.0745 e. The standard InChI is InChI=1S/C10H19NO3/c1-6-2-3-8(13)10-9(14)4-7(12)5-11(6)10/h6-10,12-14H,2-5H2,1H3/t6?,7?,8?,9?,10-/m1/s1. The molecule has 4 unspecified atom stereocenters. The molecule has 3 N–H and O–H groups in total. The molecule has 4 nitrogen and oxygen atoms in total. The lowest BCUT2D eigenvalue weighted by atomic mass is 9.84. The van der Waals surface area contributed by atoms with E-state index in [1.165, 1.54) is 0 Å². The molecular formula is C10H19NO3. The predicted octanol–water partition coefficient (Wildman–Crippen LogP) is -0.674. The van der Waals surface area contributed by atoms with E-state index >= 15 is 0 Å². The van der Waals surface area contributed by atoms with Crippen LogP contribution in [0.1, 0.15) is 26.2 Å². The first kappa shape index (κ1) is 10.4. The van der Waals surface area contributed by atoms with Gasteiger partial charge in [-0.15, -0.1) is 0 Å². The highest BCUT2D eigenvalue weighted by atomic mass is 16.3. The zero-order chi connectivity index (χ0) is 10.3. The van der Waals surface area contributed by atoms with Gasteiger partial charge in [-0.3, -0.25) is 4.90 Å². The quantitative estimate of drug-likeness (QED) is 0.486. The van der Waals surface area contributed by atoms with Gasteiger partial charge in [0.2, 0.25) is 0 Å². The van der Waals surface area contributed by atoms with E-state index in [9.17, 15) is 15.3 Å². The molecule has 5 atom stereocenters. The van der Waals surface area contributed by atoms with Crippen molar-refractivity contribution in [2.75, 3.05) is 6.54 Å². The molecule has 0 aliphatic carbocycles. The summed E-state index contributed by atoms with van der Waals surface area (Å²) in [7, 11) is 0. The van der Waals surface area contributed by atoms with Crippen LogP contribution in [0.5, 0.6) is 0 Å². The lowest BCUT2D eigenvalue weighted by Gasteiger charge is -2.49. The summed E-state index contributed by atoms with van der Waals surface area (Å²) in [5, 5.41) is 29.1. The lowest BCUT2D eigenvalue weighted by Crippen LogP contribution is -2.63. The molecule has 0 amide bonds. The van der Waals surface area contributed by atoms with E-state index in [-0.39, 0.29) is 6.04 Å². The minimum atomic E-state index is -0.587. The second-order valence-electron chi connectivity index (χ2n) is 4.64. The van der Waals surface area contributed by atoms with Crippen LogP contribution in [0.3, 0.4) is 0 Å². The van der Waals surface area contributed by atoms with Crippen molar-refractivity contribution in [3.8, 4) is 0 Å².